The second-order valence-corrected chi connectivity index (χ2v) is 32.2. The first-order valence-electron chi connectivity index (χ1n) is 36.7. The number of aromatic nitrogens is 3. The number of thiazole rings is 1. The molecule has 8 aliphatic heterocycles. The van der Waals surface area contributed by atoms with E-state index in [2.05, 4.69) is 136 Å². The quantitative estimate of drug-likeness (QED) is 0.0752. The lowest BCUT2D eigenvalue weighted by atomic mass is 9.98. The number of hydrogen-bond donors (Lipinski definition) is 0. The van der Waals surface area contributed by atoms with Crippen LogP contribution in [0, 0.1) is 23.7 Å². The van der Waals surface area contributed by atoms with Crippen LogP contribution in [-0.2, 0) is 71.6 Å². The summed E-state index contributed by atoms with van der Waals surface area (Å²) in [7, 11) is 0. The van der Waals surface area contributed by atoms with Gasteiger partial charge in [-0.15, -0.1) is 11.3 Å². The Hall–Kier alpha value is -6.40. The molecule has 8 fully saturated rings. The molecule has 4 bridgehead atoms. The Balaban J connectivity index is 0.000000299. The van der Waals surface area contributed by atoms with Crippen molar-refractivity contribution in [1.82, 2.24) is 23.5 Å². The van der Waals surface area contributed by atoms with Crippen LogP contribution in [0.25, 0.3) is 18.2 Å². The number of hydrogen-bond acceptors (Lipinski definition) is 23. The lowest BCUT2D eigenvalue weighted by Gasteiger charge is -2.31. The van der Waals surface area contributed by atoms with Crippen molar-refractivity contribution in [2.24, 2.45) is 23.7 Å². The van der Waals surface area contributed by atoms with Crippen LogP contribution >= 0.6 is 34.4 Å². The van der Waals surface area contributed by atoms with E-state index in [1.807, 2.05) is 61.5 Å². The molecule has 8 aliphatic rings. The number of ether oxygens (including phenoxy) is 6. The van der Waals surface area contributed by atoms with Crippen LogP contribution < -0.4 is 0 Å². The van der Waals surface area contributed by atoms with Gasteiger partial charge in [0.05, 0.1) is 23.1 Å². The van der Waals surface area contributed by atoms with Crippen molar-refractivity contribution in [1.29, 1.82) is 0 Å². The van der Waals surface area contributed by atoms with E-state index in [0.29, 0.717) is 143 Å². The third-order valence-electron chi connectivity index (χ3n) is 17.1. The van der Waals surface area contributed by atoms with Crippen LogP contribution in [0.1, 0.15) is 278 Å². The van der Waals surface area contributed by atoms with Crippen molar-refractivity contribution in [3.8, 4) is 0 Å². The van der Waals surface area contributed by atoms with E-state index in [1.165, 1.54) is 27.7 Å². The van der Waals surface area contributed by atoms with Crippen LogP contribution in [-0.4, -0.2) is 150 Å². The minimum atomic E-state index is -0.455. The Kier molecular flexibility index (Phi) is 40.3. The summed E-state index contributed by atoms with van der Waals surface area (Å²) in [5, 5.41) is 5.19. The molecule has 0 radical (unpaired) electrons. The largest absolute Gasteiger partial charge is 0.492 e. The first kappa shape index (κ1) is 89.8. The van der Waals surface area contributed by atoms with Crippen LogP contribution in [0.15, 0.2) is 48.9 Å². The van der Waals surface area contributed by atoms with Gasteiger partial charge in [-0.05, 0) is 148 Å². The molecule has 0 saturated carbocycles. The van der Waals surface area contributed by atoms with Gasteiger partial charge in [-0.1, -0.05) is 123 Å². The third-order valence-corrected chi connectivity index (χ3v) is 19.8. The molecule has 0 spiro atoms. The van der Waals surface area contributed by atoms with Crippen molar-refractivity contribution in [3.63, 3.8) is 0 Å². The number of cyclic esters (lactones) is 4. The summed E-state index contributed by atoms with van der Waals surface area (Å²) in [6, 6.07) is 3.77. The van der Waals surface area contributed by atoms with E-state index >= 15 is 0 Å². The van der Waals surface area contributed by atoms with Crippen LogP contribution in [0.3, 0.4) is 0 Å². The molecule has 20 nitrogen and oxygen atoms in total. The maximum absolute atomic E-state index is 11.5. The van der Waals surface area contributed by atoms with Gasteiger partial charge in [0, 0.05) is 118 Å². The Morgan fingerprint density at radius 1 is 0.510 bits per heavy atom. The molecular formula is C79H121N5O15S3. The minimum absolute atomic E-state index is 0.0186. The molecule has 0 unspecified atom stereocenters. The molecule has 8 saturated heterocycles. The molecule has 0 aliphatic carbocycles. The normalized spacial score (nSPS) is 22.2. The summed E-state index contributed by atoms with van der Waals surface area (Å²) in [6.07, 6.45) is 14.2. The Morgan fingerprint density at radius 2 is 0.931 bits per heavy atom. The molecule has 3 aromatic heterocycles. The minimum Gasteiger partial charge on any atom is -0.492 e. The molecule has 570 valence electrons. The number of ketones is 4. The van der Waals surface area contributed by atoms with Crippen molar-refractivity contribution >= 4 is 106 Å². The Labute approximate surface area is 621 Å². The number of carbonyl (C=O) groups is 9. The lowest BCUT2D eigenvalue weighted by molar-refractivity contribution is -0.160. The van der Waals surface area contributed by atoms with Crippen LogP contribution in [0.2, 0.25) is 0 Å². The zero-order chi connectivity index (χ0) is 76.7. The summed E-state index contributed by atoms with van der Waals surface area (Å²) in [5.74, 6) is 3.36. The molecule has 11 rings (SSSR count). The molecule has 23 heteroatoms. The van der Waals surface area contributed by atoms with Crippen molar-refractivity contribution in [3.05, 3.63) is 81.4 Å². The number of carbonyl (C=O) groups excluding carboxylic acids is 9. The van der Waals surface area contributed by atoms with Crippen molar-refractivity contribution in [2.45, 2.75) is 306 Å². The fourth-order valence-corrected chi connectivity index (χ4v) is 14.1. The van der Waals surface area contributed by atoms with Gasteiger partial charge >= 0.3 is 29.8 Å². The SMILES string of the molecule is C=C1O[C@H]2C[C@@H]1N(C(C)C)C2.C=Cc1cc(C(C)C)sn1.C=Cc1nc(C(C)C)cs1.C=Cc1nscc1C(C)C.CC(C)CC(=O)[C@@H]1CCC(=O)O1.CC(C)CC(=O)[C@@H]1CCCC(=O)O1.CC(C)CC(=O)[C@H]1CCC(=O)O1.CC(C)CC(=O)[C@H]1CCCC(=O)O1.CC(C)N1C[C@H]2C[C@@H]1C(=O)O2. The van der Waals surface area contributed by atoms with Gasteiger partial charge in [0.25, 0.3) is 0 Å². The van der Waals surface area contributed by atoms with Crippen LogP contribution in [0.5, 0.6) is 0 Å². The number of rotatable bonds is 20. The van der Waals surface area contributed by atoms with Crippen molar-refractivity contribution < 1.29 is 71.6 Å². The third kappa shape index (κ3) is 32.3. The van der Waals surface area contributed by atoms with Gasteiger partial charge < -0.3 is 28.4 Å². The van der Waals surface area contributed by atoms with Crippen molar-refractivity contribution in [2.75, 3.05) is 13.1 Å². The zero-order valence-corrected chi connectivity index (χ0v) is 66.9. The highest BCUT2D eigenvalue weighted by molar-refractivity contribution is 7.10. The molecule has 11 heterocycles. The summed E-state index contributed by atoms with van der Waals surface area (Å²) in [6.45, 7) is 54.5. The first-order valence-corrected chi connectivity index (χ1v) is 39.2. The second-order valence-electron chi connectivity index (χ2n) is 29.9. The molecule has 0 aromatic carbocycles. The predicted molar refractivity (Wildman–Crippen MR) is 407 cm³/mol. The molecule has 102 heavy (non-hydrogen) atoms. The highest BCUT2D eigenvalue weighted by Crippen LogP contribution is 2.36. The summed E-state index contributed by atoms with van der Waals surface area (Å²) < 4.78 is 38.5. The molecule has 0 amide bonds. The van der Waals surface area contributed by atoms with Gasteiger partial charge in [-0.3, -0.25) is 53.0 Å². The monoisotopic (exact) mass is 1480 g/mol. The summed E-state index contributed by atoms with van der Waals surface area (Å²) in [4.78, 5) is 110. The number of nitrogens with zero attached hydrogens (tertiary/aromatic N) is 5. The fourth-order valence-electron chi connectivity index (χ4n) is 11.7. The summed E-state index contributed by atoms with van der Waals surface area (Å²) >= 11 is 4.71. The second kappa shape index (κ2) is 45.7. The highest BCUT2D eigenvalue weighted by atomic mass is 32.1. The maximum atomic E-state index is 11.5. The first-order chi connectivity index (χ1) is 48.0. The Morgan fingerprint density at radius 3 is 1.20 bits per heavy atom. The number of Topliss-reactive ketones (excluding diaryl/α,β-unsaturated/α-hetero) is 4. The van der Waals surface area contributed by atoms with Gasteiger partial charge in [-0.25, -0.2) is 4.98 Å². The standard InChI is InChI=1S/2C10H16O3.C9H15NO.2C9H14O3.C8H13NO2.3C8H11NS/c2*1-7(2)6-8(11)9-4-3-5-10(12)13-9;1-6(2)10-5-8-4-9(10)7(3)11-8;2*1-6(2)5-7(10)8-3-4-9(11)12-8;1-5(2)9-4-6-3-7(9)8(10)11-6;1-4-8-9-7(5-10-8)6(2)3;1-4-8-7(6(2)3)5-10-9-8;1-4-7-5-8(6(2)3)10-9-7/h2*7,9H,3-6H2,1-2H3;6,8-9H,3-5H2,1-2H3;2*6,8H,3-5H2,1-2H3;5-7H,3-4H2,1-2H3;3*4-6H,1H2,2-3H3/t2*9-;8-,9-;2*8-;6-,7-;;;/m100101.../s1. The van der Waals surface area contributed by atoms with E-state index in [-0.39, 0.29) is 65.1 Å². The Bertz CT molecular complexity index is 3010. The van der Waals surface area contributed by atoms with Crippen LogP contribution in [0.4, 0.5) is 0 Å². The summed E-state index contributed by atoms with van der Waals surface area (Å²) in [5.41, 5.74) is 4.51. The average molecular weight is 1480 g/mol. The van der Waals surface area contributed by atoms with E-state index in [1.54, 1.807) is 35.0 Å². The fraction of sp³-hybridized carbons (Fsp3) is 0.671. The number of fused-ring (bicyclic) bond motifs is 4. The topological polar surface area (TPSA) is 254 Å². The molecule has 0 N–H and O–H groups in total. The molecule has 3 aromatic rings. The molecular weight excluding hydrogens is 1360 g/mol. The number of morpholine rings is 2. The zero-order valence-electron chi connectivity index (χ0n) is 64.4. The number of esters is 5. The van der Waals surface area contributed by atoms with E-state index in [9.17, 15) is 43.2 Å². The van der Waals surface area contributed by atoms with Gasteiger partial charge in [0.2, 0.25) is 0 Å². The maximum Gasteiger partial charge on any atom is 0.323 e. The smallest absolute Gasteiger partial charge is 0.323 e. The molecule has 8 atom stereocenters. The van der Waals surface area contributed by atoms with E-state index in [4.69, 9.17) is 28.4 Å². The van der Waals surface area contributed by atoms with E-state index < -0.39 is 24.4 Å². The average Bonchev–Trinajstić information content (AvgIpc) is 1.65. The number of likely N-dealkylation sites (tertiary alicyclic amines) is 2. The highest BCUT2D eigenvalue weighted by Gasteiger charge is 2.47. The lowest BCUT2D eigenvalue weighted by Crippen LogP contribution is -2.44. The predicted octanol–water partition coefficient (Wildman–Crippen LogP) is 16.5. The van der Waals surface area contributed by atoms with Gasteiger partial charge in [0.1, 0.15) is 29.0 Å². The van der Waals surface area contributed by atoms with Gasteiger partial charge in [0.15, 0.2) is 47.5 Å². The van der Waals surface area contributed by atoms with Gasteiger partial charge in [-0.2, -0.15) is 8.75 Å². The van der Waals surface area contributed by atoms with E-state index in [0.717, 1.165) is 60.9 Å².